The molecule has 0 radical (unpaired) electrons. The van der Waals surface area contributed by atoms with Crippen molar-refractivity contribution in [2.45, 2.75) is 18.9 Å². The van der Waals surface area contributed by atoms with Crippen LogP contribution < -0.4 is 5.73 Å². The normalized spacial score (nSPS) is 19.4. The van der Waals surface area contributed by atoms with Gasteiger partial charge in [0.25, 0.3) is 0 Å². The Balaban J connectivity index is 2.63. The maximum Gasteiger partial charge on any atom is 0.336 e. The third-order valence-electron chi connectivity index (χ3n) is 2.58. The summed E-state index contributed by atoms with van der Waals surface area (Å²) in [5.41, 5.74) is 7.85. The van der Waals surface area contributed by atoms with Gasteiger partial charge in [-0.3, -0.25) is 0 Å². The number of carboxylic acids is 1. The summed E-state index contributed by atoms with van der Waals surface area (Å²) in [6.07, 6.45) is 1.53. The zero-order valence-electron chi connectivity index (χ0n) is 7.46. The highest BCUT2D eigenvalue weighted by Gasteiger charge is 2.24. The van der Waals surface area contributed by atoms with Crippen LogP contribution in [0.3, 0.4) is 0 Å². The van der Waals surface area contributed by atoms with Gasteiger partial charge < -0.3 is 10.8 Å². The van der Waals surface area contributed by atoms with Gasteiger partial charge in [0.05, 0.1) is 5.56 Å². The number of hydrogen-bond acceptors (Lipinski definition) is 2. The molecule has 74 valence electrons. The fourth-order valence-corrected chi connectivity index (χ4v) is 2.14. The van der Waals surface area contributed by atoms with E-state index in [1.807, 2.05) is 0 Å². The van der Waals surface area contributed by atoms with E-state index in [0.29, 0.717) is 10.6 Å². The molecule has 3 nitrogen and oxygen atoms in total. The van der Waals surface area contributed by atoms with Crippen LogP contribution >= 0.6 is 11.6 Å². The number of hydrogen-bond donors (Lipinski definition) is 2. The SMILES string of the molecule is N[C@H]1CCc2c(C(=O)O)cc(Cl)cc21. The van der Waals surface area contributed by atoms with Crippen LogP contribution in [0.2, 0.25) is 5.02 Å². The summed E-state index contributed by atoms with van der Waals surface area (Å²) in [6, 6.07) is 3.18. The summed E-state index contributed by atoms with van der Waals surface area (Å²) < 4.78 is 0. The summed E-state index contributed by atoms with van der Waals surface area (Å²) in [6.45, 7) is 0. The lowest BCUT2D eigenvalue weighted by Crippen LogP contribution is -2.07. The Bertz CT molecular complexity index is 403. The van der Waals surface area contributed by atoms with Crippen molar-refractivity contribution in [2.24, 2.45) is 5.73 Å². The highest BCUT2D eigenvalue weighted by atomic mass is 35.5. The Labute approximate surface area is 86.5 Å². The molecule has 0 bridgehead atoms. The van der Waals surface area contributed by atoms with Crippen LogP contribution in [0.15, 0.2) is 12.1 Å². The molecular weight excluding hydrogens is 202 g/mol. The molecule has 0 heterocycles. The van der Waals surface area contributed by atoms with Crippen molar-refractivity contribution in [3.8, 4) is 0 Å². The van der Waals surface area contributed by atoms with Crippen molar-refractivity contribution in [3.05, 3.63) is 33.8 Å². The number of rotatable bonds is 1. The molecule has 0 saturated carbocycles. The Morgan fingerprint density at radius 1 is 1.57 bits per heavy atom. The summed E-state index contributed by atoms with van der Waals surface area (Å²) in [4.78, 5) is 10.9. The predicted octanol–water partition coefficient (Wildman–Crippen LogP) is 1.98. The molecule has 0 aliphatic heterocycles. The zero-order valence-corrected chi connectivity index (χ0v) is 8.21. The lowest BCUT2D eigenvalue weighted by Gasteiger charge is -2.07. The first-order valence-electron chi connectivity index (χ1n) is 4.41. The number of halogens is 1. The van der Waals surface area contributed by atoms with Crippen molar-refractivity contribution in [2.75, 3.05) is 0 Å². The van der Waals surface area contributed by atoms with Crippen LogP contribution in [0.1, 0.15) is 33.9 Å². The summed E-state index contributed by atoms with van der Waals surface area (Å²) in [5, 5.41) is 9.40. The Kier molecular flexibility index (Phi) is 2.21. The first-order chi connectivity index (χ1) is 6.59. The number of benzene rings is 1. The summed E-state index contributed by atoms with van der Waals surface area (Å²) in [7, 11) is 0. The molecule has 0 amide bonds. The lowest BCUT2D eigenvalue weighted by molar-refractivity contribution is 0.0696. The first kappa shape index (κ1) is 9.49. The lowest BCUT2D eigenvalue weighted by atomic mass is 10.0. The standard InChI is InChI=1S/C10H10ClNO2/c11-5-3-7-6(1-2-9(7)12)8(4-5)10(13)14/h3-4,9H,1-2,12H2,(H,13,14)/t9-/m0/s1. The molecule has 0 spiro atoms. The van der Waals surface area contributed by atoms with E-state index in [4.69, 9.17) is 22.4 Å². The molecule has 14 heavy (non-hydrogen) atoms. The van der Waals surface area contributed by atoms with Gasteiger partial charge >= 0.3 is 5.97 Å². The monoisotopic (exact) mass is 211 g/mol. The Morgan fingerprint density at radius 3 is 2.93 bits per heavy atom. The largest absolute Gasteiger partial charge is 0.478 e. The number of carboxylic acid groups (broad SMARTS) is 1. The number of fused-ring (bicyclic) bond motifs is 1. The third-order valence-corrected chi connectivity index (χ3v) is 2.80. The van der Waals surface area contributed by atoms with Gasteiger partial charge in [0.1, 0.15) is 0 Å². The van der Waals surface area contributed by atoms with E-state index in [1.165, 1.54) is 6.07 Å². The fourth-order valence-electron chi connectivity index (χ4n) is 1.91. The van der Waals surface area contributed by atoms with Gasteiger partial charge in [-0.1, -0.05) is 11.6 Å². The maximum atomic E-state index is 10.9. The van der Waals surface area contributed by atoms with Crippen LogP contribution in [-0.4, -0.2) is 11.1 Å². The molecule has 2 rings (SSSR count). The topological polar surface area (TPSA) is 63.3 Å². The fraction of sp³-hybridized carbons (Fsp3) is 0.300. The second-order valence-electron chi connectivity index (χ2n) is 3.47. The van der Waals surface area contributed by atoms with Gasteiger partial charge in [0, 0.05) is 11.1 Å². The molecular formula is C10H10ClNO2. The Hall–Kier alpha value is -1.06. The first-order valence-corrected chi connectivity index (χ1v) is 4.78. The second-order valence-corrected chi connectivity index (χ2v) is 3.91. The molecule has 0 saturated heterocycles. The van der Waals surface area contributed by atoms with Gasteiger partial charge in [-0.05, 0) is 36.1 Å². The maximum absolute atomic E-state index is 10.9. The Morgan fingerprint density at radius 2 is 2.29 bits per heavy atom. The highest BCUT2D eigenvalue weighted by Crippen LogP contribution is 2.34. The highest BCUT2D eigenvalue weighted by molar-refractivity contribution is 6.31. The molecule has 0 aromatic heterocycles. The number of carbonyl (C=O) groups is 1. The minimum Gasteiger partial charge on any atom is -0.478 e. The van der Waals surface area contributed by atoms with Crippen LogP contribution in [0, 0.1) is 0 Å². The molecule has 4 heteroatoms. The third kappa shape index (κ3) is 1.38. The van der Waals surface area contributed by atoms with E-state index >= 15 is 0 Å². The molecule has 1 aromatic carbocycles. The van der Waals surface area contributed by atoms with Crippen LogP contribution in [0.25, 0.3) is 0 Å². The van der Waals surface area contributed by atoms with E-state index in [0.717, 1.165) is 24.0 Å². The molecule has 1 atom stereocenters. The van der Waals surface area contributed by atoms with Crippen molar-refractivity contribution in [1.82, 2.24) is 0 Å². The molecule has 1 aliphatic carbocycles. The zero-order chi connectivity index (χ0) is 10.3. The molecule has 3 N–H and O–H groups in total. The quantitative estimate of drug-likeness (QED) is 0.747. The van der Waals surface area contributed by atoms with E-state index in [2.05, 4.69) is 0 Å². The minimum absolute atomic E-state index is 0.0678. The van der Waals surface area contributed by atoms with Gasteiger partial charge in [0.15, 0.2) is 0 Å². The molecule has 0 unspecified atom stereocenters. The number of nitrogens with two attached hydrogens (primary N) is 1. The summed E-state index contributed by atoms with van der Waals surface area (Å²) >= 11 is 5.82. The molecule has 1 aromatic rings. The van der Waals surface area contributed by atoms with Gasteiger partial charge in [0.2, 0.25) is 0 Å². The molecule has 0 fully saturated rings. The van der Waals surface area contributed by atoms with E-state index in [-0.39, 0.29) is 6.04 Å². The molecule has 1 aliphatic rings. The van der Waals surface area contributed by atoms with E-state index < -0.39 is 5.97 Å². The van der Waals surface area contributed by atoms with Gasteiger partial charge in [-0.15, -0.1) is 0 Å². The van der Waals surface area contributed by atoms with Crippen molar-refractivity contribution < 1.29 is 9.90 Å². The number of aromatic carboxylic acids is 1. The van der Waals surface area contributed by atoms with E-state index in [1.54, 1.807) is 6.07 Å². The van der Waals surface area contributed by atoms with Crippen LogP contribution in [0.4, 0.5) is 0 Å². The van der Waals surface area contributed by atoms with Crippen LogP contribution in [0.5, 0.6) is 0 Å². The smallest absolute Gasteiger partial charge is 0.336 e. The average Bonchev–Trinajstić information content (AvgIpc) is 2.47. The minimum atomic E-state index is -0.933. The predicted molar refractivity (Wildman–Crippen MR) is 53.7 cm³/mol. The van der Waals surface area contributed by atoms with E-state index in [9.17, 15) is 4.79 Å². The van der Waals surface area contributed by atoms with Crippen LogP contribution in [-0.2, 0) is 6.42 Å². The summed E-state index contributed by atoms with van der Waals surface area (Å²) in [5.74, 6) is -0.933. The average molecular weight is 212 g/mol. The van der Waals surface area contributed by atoms with Gasteiger partial charge in [-0.25, -0.2) is 4.79 Å². The van der Waals surface area contributed by atoms with Gasteiger partial charge in [-0.2, -0.15) is 0 Å². The van der Waals surface area contributed by atoms with Crippen molar-refractivity contribution in [1.29, 1.82) is 0 Å². The van der Waals surface area contributed by atoms with Crippen molar-refractivity contribution in [3.63, 3.8) is 0 Å². The second kappa shape index (κ2) is 3.26. The van der Waals surface area contributed by atoms with Crippen molar-refractivity contribution >= 4 is 17.6 Å².